The molecule has 0 aromatic carbocycles. The second-order valence-corrected chi connectivity index (χ2v) is 5.32. The van der Waals surface area contributed by atoms with Crippen LogP contribution in [-0.4, -0.2) is 18.1 Å². The first kappa shape index (κ1) is 9.16. The first-order chi connectivity index (χ1) is 6.21. The highest BCUT2D eigenvalue weighted by Gasteiger charge is 2.31. The van der Waals surface area contributed by atoms with Crippen molar-refractivity contribution in [3.8, 4) is 0 Å². The third kappa shape index (κ3) is 1.76. The van der Waals surface area contributed by atoms with Crippen molar-refractivity contribution in [3.63, 3.8) is 0 Å². The van der Waals surface area contributed by atoms with E-state index in [0.29, 0.717) is 5.41 Å². The van der Waals surface area contributed by atoms with E-state index in [1.807, 2.05) is 17.5 Å². The van der Waals surface area contributed by atoms with Gasteiger partial charge in [0.25, 0.3) is 0 Å². The van der Waals surface area contributed by atoms with E-state index >= 15 is 0 Å². The standard InChI is InChI=1S/C10H16N2S/c1-8-7-12-9(13-8)10(2)3-5-11-6-4-10/h7,11H,3-6H2,1-2H3. The van der Waals surface area contributed by atoms with Gasteiger partial charge in [0.2, 0.25) is 0 Å². The summed E-state index contributed by atoms with van der Waals surface area (Å²) in [5, 5.41) is 4.72. The number of nitrogens with one attached hydrogen (secondary N) is 1. The molecule has 0 aliphatic carbocycles. The Morgan fingerprint density at radius 2 is 2.15 bits per heavy atom. The molecule has 1 aliphatic rings. The average Bonchev–Trinajstić information content (AvgIpc) is 2.54. The van der Waals surface area contributed by atoms with Crippen LogP contribution in [0.25, 0.3) is 0 Å². The van der Waals surface area contributed by atoms with Gasteiger partial charge in [-0.15, -0.1) is 11.3 Å². The molecule has 0 bridgehead atoms. The Morgan fingerprint density at radius 3 is 2.69 bits per heavy atom. The number of thiazole rings is 1. The normalized spacial score (nSPS) is 21.7. The Hall–Kier alpha value is -0.410. The highest BCUT2D eigenvalue weighted by Crippen LogP contribution is 2.34. The maximum absolute atomic E-state index is 4.50. The van der Waals surface area contributed by atoms with Crippen LogP contribution in [0.1, 0.15) is 29.7 Å². The van der Waals surface area contributed by atoms with E-state index in [0.717, 1.165) is 13.1 Å². The minimum atomic E-state index is 0.337. The van der Waals surface area contributed by atoms with Gasteiger partial charge < -0.3 is 5.32 Å². The molecule has 0 saturated carbocycles. The third-order valence-electron chi connectivity index (χ3n) is 2.84. The minimum absolute atomic E-state index is 0.337. The Kier molecular flexibility index (Phi) is 2.39. The molecule has 0 spiro atoms. The molecule has 2 nitrogen and oxygen atoms in total. The summed E-state index contributed by atoms with van der Waals surface area (Å²) in [5.74, 6) is 0. The number of piperidine rings is 1. The first-order valence-corrected chi connectivity index (χ1v) is 5.66. The lowest BCUT2D eigenvalue weighted by atomic mass is 9.82. The topological polar surface area (TPSA) is 24.9 Å². The number of aromatic nitrogens is 1. The van der Waals surface area contributed by atoms with E-state index in [1.165, 1.54) is 22.7 Å². The second kappa shape index (κ2) is 3.39. The summed E-state index contributed by atoms with van der Waals surface area (Å²) in [7, 11) is 0. The average molecular weight is 196 g/mol. The molecule has 13 heavy (non-hydrogen) atoms. The van der Waals surface area contributed by atoms with Gasteiger partial charge in [-0.3, -0.25) is 0 Å². The molecule has 3 heteroatoms. The summed E-state index contributed by atoms with van der Waals surface area (Å²) >= 11 is 1.85. The van der Waals surface area contributed by atoms with E-state index in [-0.39, 0.29) is 0 Å². The SMILES string of the molecule is Cc1cnc(C2(C)CCNCC2)s1. The molecule has 1 saturated heterocycles. The fourth-order valence-corrected chi connectivity index (χ4v) is 2.79. The van der Waals surface area contributed by atoms with E-state index in [1.54, 1.807) is 0 Å². The lowest BCUT2D eigenvalue weighted by Crippen LogP contribution is -2.37. The molecule has 0 unspecified atom stereocenters. The molecule has 72 valence electrons. The molecule has 2 rings (SSSR count). The van der Waals surface area contributed by atoms with Gasteiger partial charge in [0.1, 0.15) is 0 Å². The summed E-state index contributed by atoms with van der Waals surface area (Å²) in [6.07, 6.45) is 4.44. The van der Waals surface area contributed by atoms with Gasteiger partial charge in [-0.05, 0) is 32.9 Å². The molecule has 1 fully saturated rings. The number of hydrogen-bond acceptors (Lipinski definition) is 3. The highest BCUT2D eigenvalue weighted by atomic mass is 32.1. The second-order valence-electron chi connectivity index (χ2n) is 4.09. The fourth-order valence-electron chi connectivity index (χ4n) is 1.83. The Balaban J connectivity index is 2.22. The molecule has 0 amide bonds. The Morgan fingerprint density at radius 1 is 1.46 bits per heavy atom. The molecule has 0 radical (unpaired) electrons. The summed E-state index contributed by atoms with van der Waals surface area (Å²) in [6.45, 7) is 6.74. The third-order valence-corrected chi connectivity index (χ3v) is 4.06. The molecule has 1 aromatic heterocycles. The fraction of sp³-hybridized carbons (Fsp3) is 0.700. The predicted molar refractivity (Wildman–Crippen MR) is 56.3 cm³/mol. The van der Waals surface area contributed by atoms with Gasteiger partial charge in [0, 0.05) is 16.5 Å². The lowest BCUT2D eigenvalue weighted by molar-refractivity contribution is 0.334. The van der Waals surface area contributed by atoms with Crippen LogP contribution in [0.3, 0.4) is 0 Å². The Labute approximate surface area is 83.4 Å². The van der Waals surface area contributed by atoms with Crippen LogP contribution in [0, 0.1) is 6.92 Å². The van der Waals surface area contributed by atoms with Crippen LogP contribution < -0.4 is 5.32 Å². The maximum Gasteiger partial charge on any atom is 0.0987 e. The molecule has 1 aromatic rings. The van der Waals surface area contributed by atoms with Crippen molar-refractivity contribution in [1.82, 2.24) is 10.3 Å². The molecule has 2 heterocycles. The molecular weight excluding hydrogens is 180 g/mol. The maximum atomic E-state index is 4.50. The number of rotatable bonds is 1. The van der Waals surface area contributed by atoms with Gasteiger partial charge in [0.15, 0.2) is 0 Å². The number of nitrogens with zero attached hydrogens (tertiary/aromatic N) is 1. The van der Waals surface area contributed by atoms with Crippen LogP contribution in [0.5, 0.6) is 0 Å². The lowest BCUT2D eigenvalue weighted by Gasteiger charge is -2.31. The summed E-state index contributed by atoms with van der Waals surface area (Å²) < 4.78 is 0. The van der Waals surface area contributed by atoms with Crippen molar-refractivity contribution in [3.05, 3.63) is 16.1 Å². The highest BCUT2D eigenvalue weighted by molar-refractivity contribution is 7.11. The zero-order chi connectivity index (χ0) is 9.31. The molecular formula is C10H16N2S. The minimum Gasteiger partial charge on any atom is -0.317 e. The van der Waals surface area contributed by atoms with Crippen molar-refractivity contribution in [2.75, 3.05) is 13.1 Å². The predicted octanol–water partition coefficient (Wildman–Crippen LogP) is 2.09. The van der Waals surface area contributed by atoms with Crippen LogP contribution in [0.4, 0.5) is 0 Å². The Bertz CT molecular complexity index is 287. The first-order valence-electron chi connectivity index (χ1n) is 4.84. The number of hydrogen-bond donors (Lipinski definition) is 1. The smallest absolute Gasteiger partial charge is 0.0987 e. The molecule has 1 N–H and O–H groups in total. The van der Waals surface area contributed by atoms with Gasteiger partial charge in [-0.25, -0.2) is 4.98 Å². The van der Waals surface area contributed by atoms with E-state index in [4.69, 9.17) is 0 Å². The van der Waals surface area contributed by atoms with Crippen LogP contribution in [-0.2, 0) is 5.41 Å². The van der Waals surface area contributed by atoms with Crippen LogP contribution >= 0.6 is 11.3 Å². The van der Waals surface area contributed by atoms with Crippen molar-refractivity contribution in [1.29, 1.82) is 0 Å². The van der Waals surface area contributed by atoms with Crippen molar-refractivity contribution < 1.29 is 0 Å². The van der Waals surface area contributed by atoms with Crippen LogP contribution in [0.2, 0.25) is 0 Å². The summed E-state index contributed by atoms with van der Waals surface area (Å²) in [6, 6.07) is 0. The van der Waals surface area contributed by atoms with Gasteiger partial charge in [-0.1, -0.05) is 6.92 Å². The van der Waals surface area contributed by atoms with Gasteiger partial charge in [0.05, 0.1) is 5.01 Å². The molecule has 0 atom stereocenters. The van der Waals surface area contributed by atoms with Gasteiger partial charge >= 0.3 is 0 Å². The van der Waals surface area contributed by atoms with Crippen molar-refractivity contribution >= 4 is 11.3 Å². The zero-order valence-electron chi connectivity index (χ0n) is 8.26. The van der Waals surface area contributed by atoms with E-state index < -0.39 is 0 Å². The monoisotopic (exact) mass is 196 g/mol. The quantitative estimate of drug-likeness (QED) is 0.744. The largest absolute Gasteiger partial charge is 0.317 e. The van der Waals surface area contributed by atoms with Crippen LogP contribution in [0.15, 0.2) is 6.20 Å². The van der Waals surface area contributed by atoms with E-state index in [9.17, 15) is 0 Å². The molecule has 1 aliphatic heterocycles. The van der Waals surface area contributed by atoms with Crippen molar-refractivity contribution in [2.45, 2.75) is 32.1 Å². The summed E-state index contributed by atoms with van der Waals surface area (Å²) in [4.78, 5) is 5.83. The zero-order valence-corrected chi connectivity index (χ0v) is 9.08. The van der Waals surface area contributed by atoms with Gasteiger partial charge in [-0.2, -0.15) is 0 Å². The number of aryl methyl sites for hydroxylation is 1. The summed E-state index contributed by atoms with van der Waals surface area (Å²) in [5.41, 5.74) is 0.337. The van der Waals surface area contributed by atoms with E-state index in [2.05, 4.69) is 24.1 Å². The van der Waals surface area contributed by atoms with Crippen molar-refractivity contribution in [2.24, 2.45) is 0 Å².